The monoisotopic (exact) mass is 377 g/mol. The molecule has 0 amide bonds. The van der Waals surface area contributed by atoms with Gasteiger partial charge in [0.15, 0.2) is 11.5 Å². The molecule has 0 aromatic heterocycles. The molecule has 1 unspecified atom stereocenters. The highest BCUT2D eigenvalue weighted by atomic mass is 32.2. The van der Waals surface area contributed by atoms with Gasteiger partial charge in [0.1, 0.15) is 13.2 Å². The van der Waals surface area contributed by atoms with Crippen molar-refractivity contribution >= 4 is 10.0 Å². The third-order valence-electron chi connectivity index (χ3n) is 4.26. The van der Waals surface area contributed by atoms with Crippen LogP contribution in [0.15, 0.2) is 53.4 Å². The Hall–Kier alpha value is -2.09. The summed E-state index contributed by atoms with van der Waals surface area (Å²) in [5, 5.41) is 10.5. The number of hydrogen-bond donors (Lipinski definition) is 2. The molecule has 0 spiro atoms. The van der Waals surface area contributed by atoms with Crippen LogP contribution in [0.25, 0.3) is 0 Å². The molecule has 0 saturated heterocycles. The standard InChI is InChI=1S/C19H23NO5S/c1-19(21,10-9-15-5-3-2-4-6-15)14-20-26(22,23)16-7-8-17-18(13-16)25-12-11-24-17/h2-8,13,20-21H,9-12,14H2,1H3. The summed E-state index contributed by atoms with van der Waals surface area (Å²) in [6, 6.07) is 14.3. The normalized spacial score (nSPS) is 16.1. The van der Waals surface area contributed by atoms with E-state index in [-0.39, 0.29) is 11.4 Å². The molecule has 6 nitrogen and oxygen atoms in total. The lowest BCUT2D eigenvalue weighted by Crippen LogP contribution is -2.40. The van der Waals surface area contributed by atoms with Crippen LogP contribution in [0.2, 0.25) is 0 Å². The molecule has 140 valence electrons. The van der Waals surface area contributed by atoms with Crippen molar-refractivity contribution in [3.05, 3.63) is 54.1 Å². The summed E-state index contributed by atoms with van der Waals surface area (Å²) in [7, 11) is -3.76. The van der Waals surface area contributed by atoms with Gasteiger partial charge in [-0.2, -0.15) is 0 Å². The highest BCUT2D eigenvalue weighted by Gasteiger charge is 2.25. The molecule has 0 saturated carbocycles. The number of aryl methyl sites for hydroxylation is 1. The van der Waals surface area contributed by atoms with Gasteiger partial charge >= 0.3 is 0 Å². The molecule has 1 aliphatic heterocycles. The minimum absolute atomic E-state index is 0.0728. The second-order valence-electron chi connectivity index (χ2n) is 6.61. The van der Waals surface area contributed by atoms with E-state index in [1.54, 1.807) is 13.0 Å². The number of rotatable bonds is 7. The zero-order valence-corrected chi connectivity index (χ0v) is 15.5. The van der Waals surface area contributed by atoms with Crippen molar-refractivity contribution in [2.45, 2.75) is 30.3 Å². The number of sulfonamides is 1. The Morgan fingerprint density at radius 3 is 2.50 bits per heavy atom. The lowest BCUT2D eigenvalue weighted by Gasteiger charge is -2.24. The van der Waals surface area contributed by atoms with Crippen LogP contribution >= 0.6 is 0 Å². The molecule has 0 radical (unpaired) electrons. The van der Waals surface area contributed by atoms with Gasteiger partial charge in [0.2, 0.25) is 10.0 Å². The number of hydrogen-bond acceptors (Lipinski definition) is 5. The maximum atomic E-state index is 12.5. The van der Waals surface area contributed by atoms with E-state index < -0.39 is 15.6 Å². The Morgan fingerprint density at radius 2 is 1.77 bits per heavy atom. The van der Waals surface area contributed by atoms with Crippen LogP contribution in [0.4, 0.5) is 0 Å². The highest BCUT2D eigenvalue weighted by Crippen LogP contribution is 2.32. The van der Waals surface area contributed by atoms with Gasteiger partial charge in [0.25, 0.3) is 0 Å². The van der Waals surface area contributed by atoms with Gasteiger partial charge in [-0.1, -0.05) is 30.3 Å². The van der Waals surface area contributed by atoms with Crippen LogP contribution < -0.4 is 14.2 Å². The lowest BCUT2D eigenvalue weighted by molar-refractivity contribution is 0.0565. The van der Waals surface area contributed by atoms with E-state index in [1.807, 2.05) is 30.3 Å². The van der Waals surface area contributed by atoms with Crippen molar-refractivity contribution < 1.29 is 23.0 Å². The molecule has 1 aliphatic rings. The molecule has 0 fully saturated rings. The van der Waals surface area contributed by atoms with Crippen LogP contribution in [-0.4, -0.2) is 38.9 Å². The van der Waals surface area contributed by atoms with Crippen molar-refractivity contribution in [1.29, 1.82) is 0 Å². The van der Waals surface area contributed by atoms with Crippen LogP contribution in [0.3, 0.4) is 0 Å². The Labute approximate surface area is 153 Å². The summed E-state index contributed by atoms with van der Waals surface area (Å²) in [6.07, 6.45) is 1.11. The molecule has 1 atom stereocenters. The summed E-state index contributed by atoms with van der Waals surface area (Å²) in [4.78, 5) is 0.0839. The van der Waals surface area contributed by atoms with E-state index in [0.717, 1.165) is 5.56 Å². The maximum Gasteiger partial charge on any atom is 0.240 e. The van der Waals surface area contributed by atoms with Crippen LogP contribution in [-0.2, 0) is 16.4 Å². The molecule has 2 aromatic carbocycles. The first-order valence-electron chi connectivity index (χ1n) is 8.51. The van der Waals surface area contributed by atoms with Gasteiger partial charge in [-0.15, -0.1) is 0 Å². The first-order valence-corrected chi connectivity index (χ1v) is 10.00. The summed E-state index contributed by atoms with van der Waals surface area (Å²) in [6.45, 7) is 2.39. The van der Waals surface area contributed by atoms with Crippen LogP contribution in [0.5, 0.6) is 11.5 Å². The maximum absolute atomic E-state index is 12.5. The zero-order valence-electron chi connectivity index (χ0n) is 14.6. The topological polar surface area (TPSA) is 84.9 Å². The van der Waals surface area contributed by atoms with E-state index in [2.05, 4.69) is 4.72 Å². The summed E-state index contributed by atoms with van der Waals surface area (Å²) in [5.41, 5.74) is -0.0565. The fourth-order valence-electron chi connectivity index (χ4n) is 2.67. The minimum atomic E-state index is -3.76. The van der Waals surface area contributed by atoms with Crippen molar-refractivity contribution in [1.82, 2.24) is 4.72 Å². The minimum Gasteiger partial charge on any atom is -0.486 e. The van der Waals surface area contributed by atoms with Crippen LogP contribution in [0.1, 0.15) is 18.9 Å². The SMILES string of the molecule is CC(O)(CCc1ccccc1)CNS(=O)(=O)c1ccc2c(c1)OCCO2. The molecule has 0 aliphatic carbocycles. The predicted octanol–water partition coefficient (Wildman–Crippen LogP) is 2.12. The highest BCUT2D eigenvalue weighted by molar-refractivity contribution is 7.89. The number of aliphatic hydroxyl groups is 1. The summed E-state index contributed by atoms with van der Waals surface area (Å²) >= 11 is 0. The summed E-state index contributed by atoms with van der Waals surface area (Å²) < 4.78 is 38.3. The molecule has 0 bridgehead atoms. The molecule has 7 heteroatoms. The molecular formula is C19H23NO5S. The van der Waals surface area contributed by atoms with E-state index >= 15 is 0 Å². The number of benzene rings is 2. The van der Waals surface area contributed by atoms with E-state index in [1.165, 1.54) is 12.1 Å². The zero-order chi connectivity index (χ0) is 18.6. The Kier molecular flexibility index (Phi) is 5.50. The molecular weight excluding hydrogens is 354 g/mol. The number of fused-ring (bicyclic) bond motifs is 1. The smallest absolute Gasteiger partial charge is 0.240 e. The fraction of sp³-hybridized carbons (Fsp3) is 0.368. The third-order valence-corrected chi connectivity index (χ3v) is 5.66. The number of ether oxygens (including phenoxy) is 2. The van der Waals surface area contributed by atoms with Crippen molar-refractivity contribution in [2.24, 2.45) is 0 Å². The van der Waals surface area contributed by atoms with Gasteiger partial charge in [0.05, 0.1) is 10.5 Å². The molecule has 2 N–H and O–H groups in total. The largest absolute Gasteiger partial charge is 0.486 e. The second kappa shape index (κ2) is 7.65. The van der Waals surface area contributed by atoms with Crippen LogP contribution in [0, 0.1) is 0 Å². The molecule has 26 heavy (non-hydrogen) atoms. The second-order valence-corrected chi connectivity index (χ2v) is 8.38. The molecule has 1 heterocycles. The average molecular weight is 377 g/mol. The quantitative estimate of drug-likeness (QED) is 0.772. The predicted molar refractivity (Wildman–Crippen MR) is 98.0 cm³/mol. The Morgan fingerprint density at radius 1 is 1.08 bits per heavy atom. The first-order chi connectivity index (χ1) is 12.4. The van der Waals surface area contributed by atoms with Gasteiger partial charge in [-0.05, 0) is 37.5 Å². The van der Waals surface area contributed by atoms with Crippen molar-refractivity contribution in [3.63, 3.8) is 0 Å². The molecule has 3 rings (SSSR count). The van der Waals surface area contributed by atoms with E-state index in [9.17, 15) is 13.5 Å². The van der Waals surface area contributed by atoms with Gasteiger partial charge in [-0.3, -0.25) is 0 Å². The average Bonchev–Trinajstić information content (AvgIpc) is 2.66. The lowest BCUT2D eigenvalue weighted by atomic mass is 9.97. The number of nitrogens with one attached hydrogen (secondary N) is 1. The third kappa shape index (κ3) is 4.75. The van der Waals surface area contributed by atoms with Crippen molar-refractivity contribution in [2.75, 3.05) is 19.8 Å². The van der Waals surface area contributed by atoms with Crippen molar-refractivity contribution in [3.8, 4) is 11.5 Å². The Bertz CT molecular complexity index is 849. The fourth-order valence-corrected chi connectivity index (χ4v) is 3.85. The molecule has 2 aromatic rings. The van der Waals surface area contributed by atoms with Gasteiger partial charge in [-0.25, -0.2) is 13.1 Å². The van der Waals surface area contributed by atoms with E-state index in [4.69, 9.17) is 9.47 Å². The first kappa shape index (κ1) is 18.7. The van der Waals surface area contributed by atoms with Gasteiger partial charge in [0, 0.05) is 12.6 Å². The summed E-state index contributed by atoms with van der Waals surface area (Å²) in [5.74, 6) is 0.944. The Balaban J connectivity index is 1.62. The van der Waals surface area contributed by atoms with Gasteiger partial charge < -0.3 is 14.6 Å². The van der Waals surface area contributed by atoms with E-state index in [0.29, 0.717) is 37.6 Å².